The number of anilines is 2. The summed E-state index contributed by atoms with van der Waals surface area (Å²) in [4.78, 5) is 14.9. The van der Waals surface area contributed by atoms with Crippen molar-refractivity contribution in [1.29, 1.82) is 0 Å². The van der Waals surface area contributed by atoms with Crippen molar-refractivity contribution in [2.75, 3.05) is 4.90 Å². The second-order valence-corrected chi connectivity index (χ2v) is 6.17. The summed E-state index contributed by atoms with van der Waals surface area (Å²) in [5.74, 6) is 0.0401. The van der Waals surface area contributed by atoms with Gasteiger partial charge in [0, 0.05) is 0 Å². The van der Waals surface area contributed by atoms with E-state index in [1.807, 2.05) is 42.6 Å². The minimum Gasteiger partial charge on any atom is -0.336 e. The van der Waals surface area contributed by atoms with Crippen LogP contribution in [0.3, 0.4) is 0 Å². The smallest absolute Gasteiger partial charge is 0.275 e. The van der Waals surface area contributed by atoms with Gasteiger partial charge in [0.15, 0.2) is 0 Å². The summed E-state index contributed by atoms with van der Waals surface area (Å²) in [6, 6.07) is 11.2. The van der Waals surface area contributed by atoms with Gasteiger partial charge in [0.2, 0.25) is 0 Å². The molecule has 0 atom stereocenters. The van der Waals surface area contributed by atoms with Crippen molar-refractivity contribution in [2.45, 2.75) is 13.8 Å². The zero-order valence-electron chi connectivity index (χ0n) is 12.0. The quantitative estimate of drug-likeness (QED) is 0.679. The molecule has 0 aliphatic heterocycles. The zero-order chi connectivity index (χ0) is 15.7. The highest BCUT2D eigenvalue weighted by molar-refractivity contribution is 7.12. The van der Waals surface area contributed by atoms with Crippen LogP contribution in [0.25, 0.3) is 0 Å². The fourth-order valence-corrected chi connectivity index (χ4v) is 2.82. The number of carbonyl (C=O) groups excluding carboxylic acids is 1. The van der Waals surface area contributed by atoms with Gasteiger partial charge in [-0.15, -0.1) is 11.3 Å². The lowest BCUT2D eigenvalue weighted by Crippen LogP contribution is -2.25. The molecule has 0 spiro atoms. The summed E-state index contributed by atoms with van der Waals surface area (Å²) < 4.78 is 5.29. The Labute approximate surface area is 136 Å². The molecule has 0 saturated carbocycles. The Balaban J connectivity index is 2.12. The molecule has 3 rings (SSSR count). The van der Waals surface area contributed by atoms with Gasteiger partial charge < -0.3 is 4.52 Å². The number of nitrogens with zero attached hydrogens (tertiary/aromatic N) is 2. The molecule has 2 heterocycles. The monoisotopic (exact) mass is 332 g/mol. The minimum atomic E-state index is -0.197. The van der Waals surface area contributed by atoms with Crippen molar-refractivity contribution in [1.82, 2.24) is 5.16 Å². The summed E-state index contributed by atoms with van der Waals surface area (Å²) >= 11 is 7.61. The standard InChI is InChI=1S/C16H13ClN2O2S/c1-10-5-7-12(8-6-10)19(15(20)13-4-3-9-22-13)16-14(17)11(2)18-21-16/h3-9H,1-2H3. The molecule has 2 aromatic heterocycles. The lowest BCUT2D eigenvalue weighted by Gasteiger charge is -2.19. The van der Waals surface area contributed by atoms with Crippen LogP contribution in [-0.2, 0) is 0 Å². The Morgan fingerprint density at radius 1 is 1.23 bits per heavy atom. The maximum atomic E-state index is 12.8. The largest absolute Gasteiger partial charge is 0.336 e. The highest BCUT2D eigenvalue weighted by Gasteiger charge is 2.27. The first-order valence-electron chi connectivity index (χ1n) is 6.64. The maximum absolute atomic E-state index is 12.8. The summed E-state index contributed by atoms with van der Waals surface area (Å²) in [5, 5.41) is 6.04. The van der Waals surface area contributed by atoms with Gasteiger partial charge in [-0.05, 0) is 37.4 Å². The van der Waals surface area contributed by atoms with E-state index in [4.69, 9.17) is 16.1 Å². The second kappa shape index (κ2) is 5.94. The first-order chi connectivity index (χ1) is 10.6. The van der Waals surface area contributed by atoms with Gasteiger partial charge in [0.25, 0.3) is 11.8 Å². The van der Waals surface area contributed by atoms with E-state index in [9.17, 15) is 4.79 Å². The average molecular weight is 333 g/mol. The Morgan fingerprint density at radius 2 is 1.95 bits per heavy atom. The number of rotatable bonds is 3. The predicted molar refractivity (Wildman–Crippen MR) is 88.2 cm³/mol. The van der Waals surface area contributed by atoms with Gasteiger partial charge in [0.05, 0.1) is 10.6 Å². The molecule has 0 fully saturated rings. The topological polar surface area (TPSA) is 46.3 Å². The molecule has 1 aromatic carbocycles. The molecule has 112 valence electrons. The molecule has 4 nitrogen and oxygen atoms in total. The highest BCUT2D eigenvalue weighted by atomic mass is 35.5. The molecule has 1 amide bonds. The molecule has 6 heteroatoms. The average Bonchev–Trinajstić information content (AvgIpc) is 3.15. The molecule has 0 aliphatic rings. The molecular weight excluding hydrogens is 320 g/mol. The first kappa shape index (κ1) is 14.8. The van der Waals surface area contributed by atoms with Gasteiger partial charge in [-0.1, -0.05) is 40.5 Å². The van der Waals surface area contributed by atoms with E-state index in [-0.39, 0.29) is 11.8 Å². The van der Waals surface area contributed by atoms with Gasteiger partial charge in [-0.25, -0.2) is 4.90 Å². The van der Waals surface area contributed by atoms with Crippen molar-refractivity contribution in [2.24, 2.45) is 0 Å². The van der Waals surface area contributed by atoms with Crippen LogP contribution in [0.1, 0.15) is 20.9 Å². The normalized spacial score (nSPS) is 10.7. The number of amides is 1. The van der Waals surface area contributed by atoms with Gasteiger partial charge in [-0.3, -0.25) is 4.79 Å². The molecule has 0 aliphatic carbocycles. The number of halogens is 1. The predicted octanol–water partition coefficient (Wildman–Crippen LogP) is 4.98. The molecule has 0 saturated heterocycles. The van der Waals surface area contributed by atoms with Crippen LogP contribution < -0.4 is 4.90 Å². The number of hydrogen-bond donors (Lipinski definition) is 0. The Morgan fingerprint density at radius 3 is 2.50 bits per heavy atom. The van der Waals surface area contributed by atoms with Crippen molar-refractivity contribution in [3.63, 3.8) is 0 Å². The van der Waals surface area contributed by atoms with E-state index in [0.29, 0.717) is 21.3 Å². The number of aryl methyl sites for hydroxylation is 2. The van der Waals surface area contributed by atoms with Crippen LogP contribution in [0.4, 0.5) is 11.6 Å². The molecule has 22 heavy (non-hydrogen) atoms. The van der Waals surface area contributed by atoms with Crippen LogP contribution in [0.5, 0.6) is 0 Å². The second-order valence-electron chi connectivity index (χ2n) is 4.84. The van der Waals surface area contributed by atoms with Crippen LogP contribution in [0.15, 0.2) is 46.3 Å². The van der Waals surface area contributed by atoms with E-state index in [1.54, 1.807) is 13.0 Å². The van der Waals surface area contributed by atoms with Crippen LogP contribution in [0, 0.1) is 13.8 Å². The first-order valence-corrected chi connectivity index (χ1v) is 7.90. The third-order valence-electron chi connectivity index (χ3n) is 3.20. The molecule has 3 aromatic rings. The van der Waals surface area contributed by atoms with Crippen molar-refractivity contribution < 1.29 is 9.32 Å². The van der Waals surface area contributed by atoms with E-state index >= 15 is 0 Å². The molecule has 0 N–H and O–H groups in total. The number of thiophene rings is 1. The van der Waals surface area contributed by atoms with Crippen LogP contribution >= 0.6 is 22.9 Å². The number of carbonyl (C=O) groups is 1. The molecule has 0 bridgehead atoms. The van der Waals surface area contributed by atoms with Crippen molar-refractivity contribution in [3.05, 3.63) is 62.9 Å². The summed E-state index contributed by atoms with van der Waals surface area (Å²) in [7, 11) is 0. The highest BCUT2D eigenvalue weighted by Crippen LogP contribution is 2.35. The SMILES string of the molecule is Cc1ccc(N(C(=O)c2cccs2)c2onc(C)c2Cl)cc1. The van der Waals surface area contributed by atoms with Gasteiger partial charge >= 0.3 is 0 Å². The minimum absolute atomic E-state index is 0.197. The van der Waals surface area contributed by atoms with Crippen molar-refractivity contribution in [3.8, 4) is 0 Å². The summed E-state index contributed by atoms with van der Waals surface area (Å²) in [6.07, 6.45) is 0. The maximum Gasteiger partial charge on any atom is 0.275 e. The molecule has 0 radical (unpaired) electrons. The summed E-state index contributed by atoms with van der Waals surface area (Å²) in [6.45, 7) is 3.72. The fourth-order valence-electron chi connectivity index (χ4n) is 2.02. The van der Waals surface area contributed by atoms with E-state index in [0.717, 1.165) is 5.56 Å². The fraction of sp³-hybridized carbons (Fsp3) is 0.125. The molecular formula is C16H13ClN2O2S. The van der Waals surface area contributed by atoms with Crippen LogP contribution in [0.2, 0.25) is 5.02 Å². The van der Waals surface area contributed by atoms with E-state index < -0.39 is 0 Å². The lowest BCUT2D eigenvalue weighted by molar-refractivity contribution is 0.0998. The third-order valence-corrected chi connectivity index (χ3v) is 4.50. The lowest BCUT2D eigenvalue weighted by atomic mass is 10.2. The summed E-state index contributed by atoms with van der Waals surface area (Å²) in [5.41, 5.74) is 2.34. The van der Waals surface area contributed by atoms with Crippen LogP contribution in [-0.4, -0.2) is 11.1 Å². The Hall–Kier alpha value is -2.11. The number of aromatic nitrogens is 1. The van der Waals surface area contributed by atoms with E-state index in [2.05, 4.69) is 5.16 Å². The number of hydrogen-bond acceptors (Lipinski definition) is 4. The van der Waals surface area contributed by atoms with Gasteiger partial charge in [0.1, 0.15) is 10.7 Å². The van der Waals surface area contributed by atoms with Crippen molar-refractivity contribution >= 4 is 40.4 Å². The Kier molecular flexibility index (Phi) is 4.00. The van der Waals surface area contributed by atoms with Gasteiger partial charge in [-0.2, -0.15) is 0 Å². The zero-order valence-corrected chi connectivity index (χ0v) is 13.6. The van der Waals surface area contributed by atoms with E-state index in [1.165, 1.54) is 16.2 Å². The Bertz CT molecular complexity index is 794. The third kappa shape index (κ3) is 2.65. The number of benzene rings is 1. The molecule has 0 unspecified atom stereocenters.